The van der Waals surface area contributed by atoms with Crippen molar-refractivity contribution < 1.29 is 9.13 Å². The molecule has 0 saturated heterocycles. The average molecular weight is 235 g/mol. The monoisotopic (exact) mass is 235 g/mol. The van der Waals surface area contributed by atoms with Crippen molar-refractivity contribution >= 4 is 5.82 Å². The van der Waals surface area contributed by atoms with Crippen molar-refractivity contribution in [2.75, 3.05) is 5.73 Å². The minimum Gasteiger partial charge on any atom is -0.483 e. The standard InChI is InChI=1S/C12H14FN3O/c1-2-16-7-11(14)15-12(16)8-17-10-6-4-3-5-9(10)13/h3-7H,2,8,14H2,1H3. The molecule has 0 radical (unpaired) electrons. The number of hydrogen-bond donors (Lipinski definition) is 1. The molecule has 0 aliphatic heterocycles. The zero-order chi connectivity index (χ0) is 12.3. The lowest BCUT2D eigenvalue weighted by Crippen LogP contribution is -2.06. The highest BCUT2D eigenvalue weighted by Gasteiger charge is 2.07. The molecule has 0 amide bonds. The highest BCUT2D eigenvalue weighted by molar-refractivity contribution is 5.27. The van der Waals surface area contributed by atoms with E-state index in [1.807, 2.05) is 11.5 Å². The maximum Gasteiger partial charge on any atom is 0.165 e. The average Bonchev–Trinajstić information content (AvgIpc) is 2.69. The van der Waals surface area contributed by atoms with Crippen molar-refractivity contribution in [2.45, 2.75) is 20.1 Å². The molecule has 1 aromatic carbocycles. The quantitative estimate of drug-likeness (QED) is 0.883. The Kier molecular flexibility index (Phi) is 3.27. The summed E-state index contributed by atoms with van der Waals surface area (Å²) in [5.41, 5.74) is 5.59. The molecule has 0 spiro atoms. The molecule has 0 aliphatic carbocycles. The van der Waals surface area contributed by atoms with Gasteiger partial charge in [0.15, 0.2) is 11.6 Å². The summed E-state index contributed by atoms with van der Waals surface area (Å²) in [4.78, 5) is 4.12. The van der Waals surface area contributed by atoms with Crippen LogP contribution in [0.1, 0.15) is 12.7 Å². The van der Waals surface area contributed by atoms with Gasteiger partial charge in [0, 0.05) is 12.7 Å². The van der Waals surface area contributed by atoms with E-state index in [0.717, 1.165) is 6.54 Å². The van der Waals surface area contributed by atoms with E-state index in [2.05, 4.69) is 4.98 Å². The van der Waals surface area contributed by atoms with Crippen molar-refractivity contribution in [1.29, 1.82) is 0 Å². The predicted molar refractivity (Wildman–Crippen MR) is 63.0 cm³/mol. The summed E-state index contributed by atoms with van der Waals surface area (Å²) < 4.78 is 20.5. The van der Waals surface area contributed by atoms with Gasteiger partial charge in [-0.15, -0.1) is 0 Å². The van der Waals surface area contributed by atoms with E-state index < -0.39 is 0 Å². The molecule has 2 aromatic rings. The number of nitrogens with two attached hydrogens (primary N) is 1. The molecule has 17 heavy (non-hydrogen) atoms. The molecule has 90 valence electrons. The number of para-hydroxylation sites is 1. The van der Waals surface area contributed by atoms with Crippen molar-refractivity contribution in [3.63, 3.8) is 0 Å². The molecule has 2 N–H and O–H groups in total. The number of halogens is 1. The minimum atomic E-state index is -0.380. The number of aromatic nitrogens is 2. The second-order valence-corrected chi connectivity index (χ2v) is 3.59. The normalized spacial score (nSPS) is 10.5. The lowest BCUT2D eigenvalue weighted by molar-refractivity contribution is 0.276. The van der Waals surface area contributed by atoms with E-state index in [1.165, 1.54) is 6.07 Å². The molecule has 0 bridgehead atoms. The lowest BCUT2D eigenvalue weighted by atomic mass is 10.3. The molecule has 1 heterocycles. The Labute approximate surface area is 98.8 Å². The molecular weight excluding hydrogens is 221 g/mol. The summed E-state index contributed by atoms with van der Waals surface area (Å²) >= 11 is 0. The fourth-order valence-electron chi connectivity index (χ4n) is 1.57. The van der Waals surface area contributed by atoms with Crippen LogP contribution in [-0.2, 0) is 13.2 Å². The minimum absolute atomic E-state index is 0.200. The molecule has 0 saturated carbocycles. The topological polar surface area (TPSA) is 53.1 Å². The number of hydrogen-bond acceptors (Lipinski definition) is 3. The number of anilines is 1. The van der Waals surface area contributed by atoms with Crippen molar-refractivity contribution in [2.24, 2.45) is 0 Å². The summed E-state index contributed by atoms with van der Waals surface area (Å²) in [5.74, 6) is 0.971. The third-order valence-electron chi connectivity index (χ3n) is 2.41. The molecule has 5 heteroatoms. The Hall–Kier alpha value is -2.04. The first-order valence-corrected chi connectivity index (χ1v) is 5.39. The summed E-state index contributed by atoms with van der Waals surface area (Å²) in [6.07, 6.45) is 1.74. The van der Waals surface area contributed by atoms with Gasteiger partial charge in [0.25, 0.3) is 0 Å². The van der Waals surface area contributed by atoms with Crippen LogP contribution < -0.4 is 10.5 Å². The number of nitrogens with zero attached hydrogens (tertiary/aromatic N) is 2. The zero-order valence-corrected chi connectivity index (χ0v) is 9.56. The van der Waals surface area contributed by atoms with Gasteiger partial charge in [-0.3, -0.25) is 0 Å². The smallest absolute Gasteiger partial charge is 0.165 e. The second kappa shape index (κ2) is 4.86. The van der Waals surface area contributed by atoms with Gasteiger partial charge in [0.1, 0.15) is 18.2 Å². The van der Waals surface area contributed by atoms with Crippen LogP contribution >= 0.6 is 0 Å². The molecule has 0 aliphatic rings. The molecule has 1 aromatic heterocycles. The Bertz CT molecular complexity index is 510. The molecule has 0 fully saturated rings. The van der Waals surface area contributed by atoms with E-state index in [0.29, 0.717) is 11.6 Å². The van der Waals surface area contributed by atoms with E-state index in [9.17, 15) is 4.39 Å². The summed E-state index contributed by atoms with van der Waals surface area (Å²) in [5, 5.41) is 0. The van der Waals surface area contributed by atoms with Crippen LogP contribution in [0.2, 0.25) is 0 Å². The lowest BCUT2D eigenvalue weighted by Gasteiger charge is -2.07. The van der Waals surface area contributed by atoms with Gasteiger partial charge in [-0.05, 0) is 19.1 Å². The van der Waals surface area contributed by atoms with Gasteiger partial charge in [-0.1, -0.05) is 12.1 Å². The van der Waals surface area contributed by atoms with Gasteiger partial charge < -0.3 is 15.0 Å². The number of benzene rings is 1. The third kappa shape index (κ3) is 2.55. The Morgan fingerprint density at radius 1 is 1.41 bits per heavy atom. The zero-order valence-electron chi connectivity index (χ0n) is 9.56. The Balaban J connectivity index is 2.09. The number of rotatable bonds is 4. The van der Waals surface area contributed by atoms with Crippen LogP contribution in [0.25, 0.3) is 0 Å². The number of ether oxygens (including phenoxy) is 1. The number of nitrogen functional groups attached to an aromatic ring is 1. The van der Waals surface area contributed by atoms with Crippen LogP contribution in [0.3, 0.4) is 0 Å². The van der Waals surface area contributed by atoms with Crippen LogP contribution in [0.4, 0.5) is 10.2 Å². The third-order valence-corrected chi connectivity index (χ3v) is 2.41. The van der Waals surface area contributed by atoms with Crippen LogP contribution in [0, 0.1) is 5.82 Å². The SMILES string of the molecule is CCn1cc(N)nc1COc1ccccc1F. The first kappa shape index (κ1) is 11.4. The molecular formula is C12H14FN3O. The highest BCUT2D eigenvalue weighted by Crippen LogP contribution is 2.17. The van der Waals surface area contributed by atoms with E-state index in [-0.39, 0.29) is 18.2 Å². The van der Waals surface area contributed by atoms with Crippen molar-refractivity contribution in [3.05, 3.63) is 42.1 Å². The molecule has 4 nitrogen and oxygen atoms in total. The first-order valence-electron chi connectivity index (χ1n) is 5.39. The fraction of sp³-hybridized carbons (Fsp3) is 0.250. The summed E-state index contributed by atoms with van der Waals surface area (Å²) in [6, 6.07) is 6.28. The largest absolute Gasteiger partial charge is 0.483 e. The Morgan fingerprint density at radius 2 is 2.18 bits per heavy atom. The number of aryl methyl sites for hydroxylation is 1. The molecule has 0 atom stereocenters. The molecule has 2 rings (SSSR count). The number of imidazole rings is 1. The van der Waals surface area contributed by atoms with Gasteiger partial charge in [-0.2, -0.15) is 0 Å². The first-order chi connectivity index (χ1) is 8.20. The molecule has 0 unspecified atom stereocenters. The second-order valence-electron chi connectivity index (χ2n) is 3.59. The van der Waals surface area contributed by atoms with E-state index >= 15 is 0 Å². The fourth-order valence-corrected chi connectivity index (χ4v) is 1.57. The van der Waals surface area contributed by atoms with E-state index in [4.69, 9.17) is 10.5 Å². The summed E-state index contributed by atoms with van der Waals surface area (Å²) in [7, 11) is 0. The van der Waals surface area contributed by atoms with E-state index in [1.54, 1.807) is 24.4 Å². The van der Waals surface area contributed by atoms with Crippen LogP contribution in [0.5, 0.6) is 5.75 Å². The predicted octanol–water partition coefficient (Wildman–Crippen LogP) is 2.20. The Morgan fingerprint density at radius 3 is 2.88 bits per heavy atom. The van der Waals surface area contributed by atoms with Gasteiger partial charge in [0.05, 0.1) is 0 Å². The highest BCUT2D eigenvalue weighted by atomic mass is 19.1. The van der Waals surface area contributed by atoms with Gasteiger partial charge in [-0.25, -0.2) is 9.37 Å². The summed E-state index contributed by atoms with van der Waals surface area (Å²) in [6.45, 7) is 2.93. The maximum absolute atomic E-state index is 13.3. The van der Waals surface area contributed by atoms with Crippen LogP contribution in [-0.4, -0.2) is 9.55 Å². The van der Waals surface area contributed by atoms with Gasteiger partial charge >= 0.3 is 0 Å². The van der Waals surface area contributed by atoms with Crippen molar-refractivity contribution in [1.82, 2.24) is 9.55 Å². The van der Waals surface area contributed by atoms with Crippen molar-refractivity contribution in [3.8, 4) is 5.75 Å². The van der Waals surface area contributed by atoms with Crippen LogP contribution in [0.15, 0.2) is 30.5 Å². The van der Waals surface area contributed by atoms with Gasteiger partial charge in [0.2, 0.25) is 0 Å². The maximum atomic E-state index is 13.3.